The summed E-state index contributed by atoms with van der Waals surface area (Å²) in [7, 11) is 0. The van der Waals surface area contributed by atoms with E-state index in [1.165, 1.54) is 0 Å². The van der Waals surface area contributed by atoms with Crippen LogP contribution < -0.4 is 11.1 Å². The van der Waals surface area contributed by atoms with E-state index in [9.17, 15) is 13.2 Å². The number of halogens is 3. The second-order valence-electron chi connectivity index (χ2n) is 4.94. The summed E-state index contributed by atoms with van der Waals surface area (Å²) in [6, 6.07) is 2.01. The summed E-state index contributed by atoms with van der Waals surface area (Å²) in [5.74, 6) is 0.0833. The Kier molecular flexibility index (Phi) is 6.10. The largest absolute Gasteiger partial charge is 0.416 e. The molecule has 6 heteroatoms. The first-order chi connectivity index (χ1) is 9.36. The normalized spacial score (nSPS) is 13.2. The Balaban J connectivity index is 2.86. The third kappa shape index (κ3) is 5.27. The molecule has 0 amide bonds. The summed E-state index contributed by atoms with van der Waals surface area (Å²) in [4.78, 5) is 3.94. The fraction of sp³-hybridized carbons (Fsp3) is 0.643. The summed E-state index contributed by atoms with van der Waals surface area (Å²) in [5.41, 5.74) is 4.69. The monoisotopic (exact) mass is 289 g/mol. The lowest BCUT2D eigenvalue weighted by molar-refractivity contribution is -0.137. The highest BCUT2D eigenvalue weighted by Gasteiger charge is 2.31. The highest BCUT2D eigenvalue weighted by molar-refractivity contribution is 5.47. The Morgan fingerprint density at radius 2 is 1.90 bits per heavy atom. The number of hydrogen-bond acceptors (Lipinski definition) is 3. The molecule has 3 nitrogen and oxygen atoms in total. The van der Waals surface area contributed by atoms with Crippen molar-refractivity contribution >= 4 is 11.6 Å². The molecule has 0 bridgehead atoms. The SMILES string of the molecule is CCCCC(CCC)Nc1cc(C(F)(F)F)cc(N)n1. The minimum Gasteiger partial charge on any atom is -0.384 e. The van der Waals surface area contributed by atoms with Crippen molar-refractivity contribution in [3.63, 3.8) is 0 Å². The van der Waals surface area contributed by atoms with E-state index in [1.54, 1.807) is 0 Å². The molecule has 1 heterocycles. The van der Waals surface area contributed by atoms with Gasteiger partial charge in [0.1, 0.15) is 11.6 Å². The van der Waals surface area contributed by atoms with E-state index in [1.807, 2.05) is 0 Å². The zero-order valence-electron chi connectivity index (χ0n) is 11.9. The van der Waals surface area contributed by atoms with Gasteiger partial charge in [0.15, 0.2) is 0 Å². The molecule has 20 heavy (non-hydrogen) atoms. The van der Waals surface area contributed by atoms with Gasteiger partial charge >= 0.3 is 6.18 Å². The van der Waals surface area contributed by atoms with Gasteiger partial charge in [-0.1, -0.05) is 33.1 Å². The molecule has 3 N–H and O–H groups in total. The lowest BCUT2D eigenvalue weighted by Crippen LogP contribution is -2.21. The second kappa shape index (κ2) is 7.36. The molecule has 1 unspecified atom stereocenters. The number of anilines is 2. The number of hydrogen-bond donors (Lipinski definition) is 2. The molecule has 0 aliphatic rings. The Hall–Kier alpha value is -1.46. The van der Waals surface area contributed by atoms with Crippen molar-refractivity contribution in [3.05, 3.63) is 17.7 Å². The van der Waals surface area contributed by atoms with E-state index in [4.69, 9.17) is 5.73 Å². The molecule has 1 aromatic rings. The summed E-state index contributed by atoms with van der Waals surface area (Å²) in [6.45, 7) is 4.14. The average molecular weight is 289 g/mol. The lowest BCUT2D eigenvalue weighted by Gasteiger charge is -2.19. The number of rotatable bonds is 7. The number of nitrogens with zero attached hydrogens (tertiary/aromatic N) is 1. The van der Waals surface area contributed by atoms with Crippen LogP contribution in [0.2, 0.25) is 0 Å². The van der Waals surface area contributed by atoms with Gasteiger partial charge < -0.3 is 11.1 Å². The summed E-state index contributed by atoms with van der Waals surface area (Å²) >= 11 is 0. The van der Waals surface area contributed by atoms with Crippen LogP contribution in [0.25, 0.3) is 0 Å². The number of nitrogen functional groups attached to an aromatic ring is 1. The van der Waals surface area contributed by atoms with Gasteiger partial charge in [0.2, 0.25) is 0 Å². The van der Waals surface area contributed by atoms with E-state index >= 15 is 0 Å². The predicted molar refractivity (Wildman–Crippen MR) is 75.5 cm³/mol. The maximum absolute atomic E-state index is 12.7. The van der Waals surface area contributed by atoms with Crippen molar-refractivity contribution in [1.29, 1.82) is 0 Å². The first kappa shape index (κ1) is 16.6. The Morgan fingerprint density at radius 3 is 2.45 bits per heavy atom. The third-order valence-corrected chi connectivity index (χ3v) is 3.07. The molecule has 0 aromatic carbocycles. The first-order valence-electron chi connectivity index (χ1n) is 6.98. The van der Waals surface area contributed by atoms with Gasteiger partial charge in [-0.05, 0) is 25.0 Å². The van der Waals surface area contributed by atoms with E-state index in [-0.39, 0.29) is 17.7 Å². The Morgan fingerprint density at radius 1 is 1.20 bits per heavy atom. The molecule has 1 rings (SSSR count). The maximum Gasteiger partial charge on any atom is 0.416 e. The minimum atomic E-state index is -4.41. The molecule has 1 atom stereocenters. The van der Waals surface area contributed by atoms with Crippen molar-refractivity contribution in [2.24, 2.45) is 0 Å². The molecule has 0 aliphatic heterocycles. The molecular weight excluding hydrogens is 267 g/mol. The van der Waals surface area contributed by atoms with Crippen LogP contribution in [-0.2, 0) is 6.18 Å². The van der Waals surface area contributed by atoms with E-state index in [0.29, 0.717) is 0 Å². The van der Waals surface area contributed by atoms with Crippen LogP contribution in [-0.4, -0.2) is 11.0 Å². The van der Waals surface area contributed by atoms with Crippen LogP contribution in [0.1, 0.15) is 51.5 Å². The van der Waals surface area contributed by atoms with Crippen molar-refractivity contribution in [1.82, 2.24) is 4.98 Å². The number of unbranched alkanes of at least 4 members (excludes halogenated alkanes) is 1. The molecule has 0 saturated heterocycles. The fourth-order valence-electron chi connectivity index (χ4n) is 2.09. The van der Waals surface area contributed by atoms with Crippen molar-refractivity contribution in [3.8, 4) is 0 Å². The fourth-order valence-corrected chi connectivity index (χ4v) is 2.09. The smallest absolute Gasteiger partial charge is 0.384 e. The van der Waals surface area contributed by atoms with Crippen LogP contribution in [0.3, 0.4) is 0 Å². The van der Waals surface area contributed by atoms with Gasteiger partial charge in [-0.2, -0.15) is 13.2 Å². The summed E-state index contributed by atoms with van der Waals surface area (Å²) in [5, 5.41) is 3.08. The molecular formula is C14H22F3N3. The van der Waals surface area contributed by atoms with Crippen molar-refractivity contribution in [2.75, 3.05) is 11.1 Å². The Bertz CT molecular complexity index is 419. The second-order valence-corrected chi connectivity index (χ2v) is 4.94. The van der Waals surface area contributed by atoms with Gasteiger partial charge in [0.25, 0.3) is 0 Å². The average Bonchev–Trinajstić information content (AvgIpc) is 2.34. The zero-order chi connectivity index (χ0) is 15.2. The molecule has 0 spiro atoms. The lowest BCUT2D eigenvalue weighted by atomic mass is 10.1. The first-order valence-corrected chi connectivity index (χ1v) is 6.98. The minimum absolute atomic E-state index is 0.118. The molecule has 0 fully saturated rings. The molecule has 0 radical (unpaired) electrons. The van der Waals surface area contributed by atoms with Crippen LogP contribution in [0.15, 0.2) is 12.1 Å². The van der Waals surface area contributed by atoms with Crippen LogP contribution >= 0.6 is 0 Å². The number of aromatic nitrogens is 1. The highest BCUT2D eigenvalue weighted by Crippen LogP contribution is 2.31. The maximum atomic E-state index is 12.7. The van der Waals surface area contributed by atoms with Gasteiger partial charge in [-0.15, -0.1) is 0 Å². The number of nitrogens with two attached hydrogens (primary N) is 1. The van der Waals surface area contributed by atoms with E-state index in [2.05, 4.69) is 24.1 Å². The zero-order valence-corrected chi connectivity index (χ0v) is 11.9. The molecule has 0 saturated carbocycles. The summed E-state index contributed by atoms with van der Waals surface area (Å²) in [6.07, 6.45) is 0.471. The number of alkyl halides is 3. The van der Waals surface area contributed by atoms with Crippen LogP contribution in [0.5, 0.6) is 0 Å². The third-order valence-electron chi connectivity index (χ3n) is 3.07. The van der Waals surface area contributed by atoms with Gasteiger partial charge in [0, 0.05) is 6.04 Å². The number of pyridine rings is 1. The van der Waals surface area contributed by atoms with Crippen LogP contribution in [0.4, 0.5) is 24.8 Å². The Labute approximate surface area is 117 Å². The van der Waals surface area contributed by atoms with E-state index in [0.717, 1.165) is 44.2 Å². The molecule has 0 aliphatic carbocycles. The molecule has 1 aromatic heterocycles. The standard InChI is InChI=1S/C14H22F3N3/c1-3-5-7-11(6-4-2)19-13-9-10(14(15,16)17)8-12(18)20-13/h8-9,11H,3-7H2,1-2H3,(H3,18,19,20). The van der Waals surface area contributed by atoms with Gasteiger partial charge in [0.05, 0.1) is 5.56 Å². The van der Waals surface area contributed by atoms with Gasteiger partial charge in [-0.3, -0.25) is 0 Å². The van der Waals surface area contributed by atoms with Gasteiger partial charge in [-0.25, -0.2) is 4.98 Å². The number of nitrogens with one attached hydrogen (secondary N) is 1. The topological polar surface area (TPSA) is 50.9 Å². The molecule has 114 valence electrons. The van der Waals surface area contributed by atoms with Crippen LogP contribution in [0, 0.1) is 0 Å². The quantitative estimate of drug-likeness (QED) is 0.779. The van der Waals surface area contributed by atoms with Crippen molar-refractivity contribution < 1.29 is 13.2 Å². The highest BCUT2D eigenvalue weighted by atomic mass is 19.4. The van der Waals surface area contributed by atoms with Crippen molar-refractivity contribution in [2.45, 2.75) is 58.2 Å². The van der Waals surface area contributed by atoms with E-state index < -0.39 is 11.7 Å². The predicted octanol–water partition coefficient (Wildman–Crippen LogP) is 4.45. The summed E-state index contributed by atoms with van der Waals surface area (Å²) < 4.78 is 38.2.